The van der Waals surface area contributed by atoms with Crippen molar-refractivity contribution in [1.82, 2.24) is 10.6 Å². The monoisotopic (exact) mass is 280 g/mol. The summed E-state index contributed by atoms with van der Waals surface area (Å²) in [4.78, 5) is 8.42. The maximum absolute atomic E-state index is 5.64. The van der Waals surface area contributed by atoms with E-state index in [2.05, 4.69) is 33.8 Å². The summed E-state index contributed by atoms with van der Waals surface area (Å²) >= 11 is 0. The molecule has 0 spiro atoms. The molecule has 0 unspecified atom stereocenters. The average Bonchev–Trinajstić information content (AvgIpc) is 2.45. The molecule has 114 valence electrons. The smallest absolute Gasteiger partial charge is 0.188 e. The molecule has 0 aliphatic carbocycles. The van der Waals surface area contributed by atoms with Gasteiger partial charge in [-0.05, 0) is 12.8 Å². The fourth-order valence-electron chi connectivity index (χ4n) is 1.44. The van der Waals surface area contributed by atoms with Crippen LogP contribution in [0.1, 0.15) is 25.7 Å². The zero-order valence-corrected chi connectivity index (χ0v) is 12.3. The number of nitrogens with two attached hydrogens (primary N) is 2. The van der Waals surface area contributed by atoms with E-state index >= 15 is 0 Å². The molecule has 0 amide bonds. The average molecular weight is 280 g/mol. The van der Waals surface area contributed by atoms with Gasteiger partial charge in [-0.15, -0.1) is 13.2 Å². The Hall–Kier alpha value is -1.98. The van der Waals surface area contributed by atoms with Crippen molar-refractivity contribution in [1.29, 1.82) is 0 Å². The second-order valence-electron chi connectivity index (χ2n) is 4.29. The van der Waals surface area contributed by atoms with Gasteiger partial charge in [0, 0.05) is 26.2 Å². The van der Waals surface area contributed by atoms with E-state index in [4.69, 9.17) is 11.5 Å². The summed E-state index contributed by atoms with van der Waals surface area (Å²) in [6.07, 6.45) is 7.80. The van der Waals surface area contributed by atoms with E-state index in [0.29, 0.717) is 25.0 Å². The van der Waals surface area contributed by atoms with Gasteiger partial charge in [0.15, 0.2) is 11.9 Å². The van der Waals surface area contributed by atoms with Crippen LogP contribution in [0.25, 0.3) is 0 Å². The number of guanidine groups is 2. The third-order valence-electron chi connectivity index (χ3n) is 2.49. The van der Waals surface area contributed by atoms with Crippen molar-refractivity contribution in [3.63, 3.8) is 0 Å². The molecule has 20 heavy (non-hydrogen) atoms. The predicted molar refractivity (Wildman–Crippen MR) is 87.8 cm³/mol. The molecule has 0 aliphatic heterocycles. The second kappa shape index (κ2) is 13.5. The number of unbranched alkanes of at least 4 members (excludes halogenated alkanes) is 3. The van der Waals surface area contributed by atoms with Gasteiger partial charge < -0.3 is 22.1 Å². The van der Waals surface area contributed by atoms with E-state index in [1.54, 1.807) is 12.2 Å². The molecule has 6 heteroatoms. The lowest BCUT2D eigenvalue weighted by Crippen LogP contribution is -2.31. The first-order chi connectivity index (χ1) is 9.70. The molecule has 6 N–H and O–H groups in total. The van der Waals surface area contributed by atoms with Crippen LogP contribution in [0.5, 0.6) is 0 Å². The summed E-state index contributed by atoms with van der Waals surface area (Å²) in [7, 11) is 0. The molecular weight excluding hydrogens is 252 g/mol. The van der Waals surface area contributed by atoms with E-state index in [-0.39, 0.29) is 0 Å². The first-order valence-electron chi connectivity index (χ1n) is 7.00. The lowest BCUT2D eigenvalue weighted by atomic mass is 10.2. The topological polar surface area (TPSA) is 101 Å². The van der Waals surface area contributed by atoms with Crippen molar-refractivity contribution in [2.75, 3.05) is 26.2 Å². The molecule has 0 radical (unpaired) electrons. The number of nitrogens with one attached hydrogen (secondary N) is 2. The zero-order chi connectivity index (χ0) is 15.1. The van der Waals surface area contributed by atoms with Crippen LogP contribution >= 0.6 is 0 Å². The Kier molecular flexibility index (Phi) is 12.1. The van der Waals surface area contributed by atoms with Crippen molar-refractivity contribution in [2.45, 2.75) is 25.7 Å². The predicted octanol–water partition coefficient (Wildman–Crippen LogP) is 0.727. The molecule has 0 aliphatic rings. The normalized spacial score (nSPS) is 12.0. The molecule has 0 fully saturated rings. The van der Waals surface area contributed by atoms with Crippen LogP contribution in [0.15, 0.2) is 35.3 Å². The molecule has 0 saturated carbocycles. The highest BCUT2D eigenvalue weighted by Crippen LogP contribution is 2.00. The summed E-state index contributed by atoms with van der Waals surface area (Å²) in [5.74, 6) is 0.964. The quantitative estimate of drug-likeness (QED) is 0.194. The van der Waals surface area contributed by atoms with Gasteiger partial charge in [-0.2, -0.15) is 0 Å². The van der Waals surface area contributed by atoms with Gasteiger partial charge in [0.2, 0.25) is 0 Å². The minimum absolute atomic E-state index is 0.482. The van der Waals surface area contributed by atoms with Crippen molar-refractivity contribution in [3.8, 4) is 0 Å². The number of aliphatic imine (C=N–C) groups is 2. The molecule has 0 aromatic rings. The highest BCUT2D eigenvalue weighted by atomic mass is 15.1. The molecule has 0 aromatic heterocycles. The molecule has 0 saturated heterocycles. The molecular formula is C14H28N6. The highest BCUT2D eigenvalue weighted by Gasteiger charge is 1.92. The van der Waals surface area contributed by atoms with Gasteiger partial charge in [0.05, 0.1) is 0 Å². The van der Waals surface area contributed by atoms with Crippen LogP contribution in [0.2, 0.25) is 0 Å². The Labute approximate surface area is 122 Å². The fourth-order valence-corrected chi connectivity index (χ4v) is 1.44. The summed E-state index contributed by atoms with van der Waals surface area (Å²) < 4.78 is 0. The van der Waals surface area contributed by atoms with Crippen LogP contribution in [0.3, 0.4) is 0 Å². The Balaban J connectivity index is 3.44. The lowest BCUT2D eigenvalue weighted by Gasteiger charge is -2.03. The first kappa shape index (κ1) is 18.0. The largest absolute Gasteiger partial charge is 0.370 e. The fraction of sp³-hybridized carbons (Fsp3) is 0.571. The molecule has 0 heterocycles. The van der Waals surface area contributed by atoms with E-state index in [0.717, 1.165) is 38.8 Å². The van der Waals surface area contributed by atoms with Crippen LogP contribution in [0.4, 0.5) is 0 Å². The van der Waals surface area contributed by atoms with Gasteiger partial charge in [-0.3, -0.25) is 9.98 Å². The second-order valence-corrected chi connectivity index (χ2v) is 4.29. The van der Waals surface area contributed by atoms with Crippen molar-refractivity contribution in [3.05, 3.63) is 25.3 Å². The minimum Gasteiger partial charge on any atom is -0.370 e. The van der Waals surface area contributed by atoms with E-state index in [1.165, 1.54) is 0 Å². The molecule has 0 aromatic carbocycles. The van der Waals surface area contributed by atoms with Gasteiger partial charge in [-0.1, -0.05) is 25.0 Å². The number of hydrogen-bond acceptors (Lipinski definition) is 2. The van der Waals surface area contributed by atoms with Crippen LogP contribution in [-0.4, -0.2) is 38.1 Å². The van der Waals surface area contributed by atoms with Crippen molar-refractivity contribution in [2.24, 2.45) is 21.5 Å². The Bertz CT molecular complexity index is 290. The third kappa shape index (κ3) is 12.5. The SMILES string of the molecule is C=CCNC(N)=NCCCCCCN=C(N)NCC=C. The van der Waals surface area contributed by atoms with Gasteiger partial charge in [0.1, 0.15) is 0 Å². The Morgan fingerprint density at radius 2 is 1.20 bits per heavy atom. The van der Waals surface area contributed by atoms with Crippen LogP contribution in [0, 0.1) is 0 Å². The summed E-state index contributed by atoms with van der Waals surface area (Å²) in [6.45, 7) is 9.99. The van der Waals surface area contributed by atoms with Crippen LogP contribution in [-0.2, 0) is 0 Å². The Morgan fingerprint density at radius 1 is 0.800 bits per heavy atom. The highest BCUT2D eigenvalue weighted by molar-refractivity contribution is 5.78. The number of rotatable bonds is 11. The zero-order valence-electron chi connectivity index (χ0n) is 12.3. The lowest BCUT2D eigenvalue weighted by molar-refractivity contribution is 0.652. The summed E-state index contributed by atoms with van der Waals surface area (Å²) in [5.41, 5.74) is 11.3. The summed E-state index contributed by atoms with van der Waals surface area (Å²) in [5, 5.41) is 5.87. The number of nitrogens with zero attached hydrogens (tertiary/aromatic N) is 2. The Morgan fingerprint density at radius 3 is 1.55 bits per heavy atom. The van der Waals surface area contributed by atoms with Gasteiger partial charge in [0.25, 0.3) is 0 Å². The molecule has 0 atom stereocenters. The van der Waals surface area contributed by atoms with E-state index in [1.807, 2.05) is 0 Å². The van der Waals surface area contributed by atoms with Crippen LogP contribution < -0.4 is 22.1 Å². The maximum atomic E-state index is 5.64. The standard InChI is InChI=1S/C14H28N6/c1-3-9-17-13(15)19-11-7-5-6-8-12-20-14(16)18-10-4-2/h3-4H,1-2,5-12H2,(H3,15,17,19)(H3,16,18,20). The maximum Gasteiger partial charge on any atom is 0.188 e. The number of hydrogen-bond donors (Lipinski definition) is 4. The first-order valence-corrected chi connectivity index (χ1v) is 7.00. The molecule has 0 bridgehead atoms. The van der Waals surface area contributed by atoms with Crippen molar-refractivity contribution >= 4 is 11.9 Å². The van der Waals surface area contributed by atoms with Gasteiger partial charge >= 0.3 is 0 Å². The minimum atomic E-state index is 0.482. The summed E-state index contributed by atoms with van der Waals surface area (Å²) in [6, 6.07) is 0. The molecule has 6 nitrogen and oxygen atoms in total. The van der Waals surface area contributed by atoms with Crippen molar-refractivity contribution < 1.29 is 0 Å². The third-order valence-corrected chi connectivity index (χ3v) is 2.49. The molecule has 0 rings (SSSR count). The van der Waals surface area contributed by atoms with Gasteiger partial charge in [-0.25, -0.2) is 0 Å². The van der Waals surface area contributed by atoms with E-state index < -0.39 is 0 Å². The van der Waals surface area contributed by atoms with E-state index in [9.17, 15) is 0 Å².